The van der Waals surface area contributed by atoms with Gasteiger partial charge in [0.25, 0.3) is 0 Å². The average molecular weight is 451 g/mol. The van der Waals surface area contributed by atoms with Crippen LogP contribution in [-0.2, 0) is 6.54 Å². The van der Waals surface area contributed by atoms with Crippen molar-refractivity contribution in [1.82, 2.24) is 20.4 Å². The van der Waals surface area contributed by atoms with Crippen molar-refractivity contribution in [3.05, 3.63) is 18.0 Å². The van der Waals surface area contributed by atoms with Crippen LogP contribution in [0.3, 0.4) is 0 Å². The molecule has 0 spiro atoms. The zero-order chi connectivity index (χ0) is 15.8. The number of aryl methyl sites for hydroxylation is 2. The summed E-state index contributed by atoms with van der Waals surface area (Å²) in [6.45, 7) is 6.84. The fraction of sp³-hybridized carbons (Fsp3) is 0.750. The molecule has 1 fully saturated rings. The van der Waals surface area contributed by atoms with Gasteiger partial charge in [0.15, 0.2) is 5.96 Å². The van der Waals surface area contributed by atoms with Crippen molar-refractivity contribution in [2.75, 3.05) is 19.3 Å². The second kappa shape index (κ2) is 11.2. The van der Waals surface area contributed by atoms with Crippen LogP contribution in [0.25, 0.3) is 0 Å². The second-order valence-electron chi connectivity index (χ2n) is 5.91. The summed E-state index contributed by atoms with van der Waals surface area (Å²) in [4.78, 5) is 4.70. The number of aliphatic imine (C=N–C) groups is 1. The molecule has 0 bridgehead atoms. The molecular weight excluding hydrogens is 421 g/mol. The van der Waals surface area contributed by atoms with Crippen molar-refractivity contribution in [3.63, 3.8) is 0 Å². The van der Waals surface area contributed by atoms with Gasteiger partial charge >= 0.3 is 0 Å². The Hall–Kier alpha value is -0.440. The first kappa shape index (κ1) is 20.6. The first-order valence-electron chi connectivity index (χ1n) is 8.28. The topological polar surface area (TPSA) is 54.2 Å². The lowest BCUT2D eigenvalue weighted by Crippen LogP contribution is -2.42. The van der Waals surface area contributed by atoms with Crippen LogP contribution < -0.4 is 10.6 Å². The third-order valence-electron chi connectivity index (χ3n) is 3.98. The largest absolute Gasteiger partial charge is 0.357 e. The van der Waals surface area contributed by atoms with Gasteiger partial charge in [-0.3, -0.25) is 9.67 Å². The third-order valence-corrected chi connectivity index (χ3v) is 5.08. The highest BCUT2D eigenvalue weighted by molar-refractivity contribution is 14.0. The Morgan fingerprint density at radius 1 is 1.48 bits per heavy atom. The molecule has 0 aromatic carbocycles. The maximum atomic E-state index is 4.70. The lowest BCUT2D eigenvalue weighted by Gasteiger charge is -2.17. The van der Waals surface area contributed by atoms with E-state index in [1.807, 2.05) is 22.6 Å². The first-order valence-corrected chi connectivity index (χ1v) is 9.56. The molecule has 0 radical (unpaired) electrons. The van der Waals surface area contributed by atoms with E-state index in [1.165, 1.54) is 24.8 Å². The SMILES string of the molecule is CCNC(=NCCCn1cc(C)cn1)NC1CCC(SC)C1.I. The Bertz CT molecular complexity index is 477. The summed E-state index contributed by atoms with van der Waals surface area (Å²) in [5.74, 6) is 0.964. The van der Waals surface area contributed by atoms with E-state index in [1.54, 1.807) is 0 Å². The molecule has 0 aliphatic heterocycles. The van der Waals surface area contributed by atoms with Gasteiger partial charge in [-0.2, -0.15) is 16.9 Å². The fourth-order valence-corrected chi connectivity index (χ4v) is 3.61. The molecular formula is C16H30IN5S. The van der Waals surface area contributed by atoms with Crippen molar-refractivity contribution in [1.29, 1.82) is 0 Å². The maximum Gasteiger partial charge on any atom is 0.191 e. The van der Waals surface area contributed by atoms with E-state index < -0.39 is 0 Å². The maximum absolute atomic E-state index is 4.70. The number of thioether (sulfide) groups is 1. The number of rotatable bonds is 7. The highest BCUT2D eigenvalue weighted by Gasteiger charge is 2.24. The van der Waals surface area contributed by atoms with E-state index >= 15 is 0 Å². The predicted octanol–water partition coefficient (Wildman–Crippen LogP) is 3.04. The Morgan fingerprint density at radius 2 is 2.30 bits per heavy atom. The number of halogens is 1. The molecule has 7 heteroatoms. The fourth-order valence-electron chi connectivity index (χ4n) is 2.81. The van der Waals surface area contributed by atoms with Gasteiger partial charge in [-0.15, -0.1) is 24.0 Å². The van der Waals surface area contributed by atoms with Gasteiger partial charge in [-0.05, 0) is 51.3 Å². The van der Waals surface area contributed by atoms with Crippen molar-refractivity contribution in [2.45, 2.75) is 57.4 Å². The highest BCUT2D eigenvalue weighted by Crippen LogP contribution is 2.27. The van der Waals surface area contributed by atoms with Crippen LogP contribution in [0.5, 0.6) is 0 Å². The molecule has 1 aliphatic rings. The van der Waals surface area contributed by atoms with Crippen LogP contribution in [0, 0.1) is 6.92 Å². The van der Waals surface area contributed by atoms with Gasteiger partial charge in [0.2, 0.25) is 0 Å². The Morgan fingerprint density at radius 3 is 2.91 bits per heavy atom. The molecule has 1 heterocycles. The third kappa shape index (κ3) is 7.32. The molecule has 1 aromatic rings. The quantitative estimate of drug-likeness (QED) is 0.290. The van der Waals surface area contributed by atoms with Crippen LogP contribution in [0.2, 0.25) is 0 Å². The lowest BCUT2D eigenvalue weighted by molar-refractivity contribution is 0.579. The molecule has 23 heavy (non-hydrogen) atoms. The number of nitrogens with zero attached hydrogens (tertiary/aromatic N) is 3. The van der Waals surface area contributed by atoms with Gasteiger partial charge in [0.1, 0.15) is 0 Å². The molecule has 2 N–H and O–H groups in total. The van der Waals surface area contributed by atoms with E-state index in [-0.39, 0.29) is 24.0 Å². The summed E-state index contributed by atoms with van der Waals surface area (Å²) in [7, 11) is 0. The minimum absolute atomic E-state index is 0. The smallest absolute Gasteiger partial charge is 0.191 e. The van der Waals surface area contributed by atoms with Crippen LogP contribution in [0.1, 0.15) is 38.2 Å². The van der Waals surface area contributed by atoms with Crippen molar-refractivity contribution in [2.24, 2.45) is 4.99 Å². The summed E-state index contributed by atoms with van der Waals surface area (Å²) < 4.78 is 1.99. The Kier molecular flexibility index (Phi) is 10.0. The van der Waals surface area contributed by atoms with Gasteiger partial charge in [0.05, 0.1) is 6.20 Å². The van der Waals surface area contributed by atoms with Gasteiger partial charge in [-0.1, -0.05) is 0 Å². The van der Waals surface area contributed by atoms with E-state index in [9.17, 15) is 0 Å². The first-order chi connectivity index (χ1) is 10.7. The number of hydrogen-bond donors (Lipinski definition) is 2. The van der Waals surface area contributed by atoms with E-state index in [0.29, 0.717) is 6.04 Å². The molecule has 1 saturated carbocycles. The van der Waals surface area contributed by atoms with Crippen LogP contribution in [0.15, 0.2) is 17.4 Å². The zero-order valence-corrected chi connectivity index (χ0v) is 17.6. The summed E-state index contributed by atoms with van der Waals surface area (Å²) in [5.41, 5.74) is 1.21. The van der Waals surface area contributed by atoms with Gasteiger partial charge in [-0.25, -0.2) is 0 Å². The molecule has 132 valence electrons. The molecule has 0 amide bonds. The number of guanidine groups is 1. The summed E-state index contributed by atoms with van der Waals surface area (Å²) in [6, 6.07) is 0.573. The molecule has 2 unspecified atom stereocenters. The lowest BCUT2D eigenvalue weighted by atomic mass is 10.2. The minimum Gasteiger partial charge on any atom is -0.357 e. The van der Waals surface area contributed by atoms with Crippen molar-refractivity contribution >= 4 is 41.7 Å². The molecule has 1 aromatic heterocycles. The van der Waals surface area contributed by atoms with E-state index in [0.717, 1.165) is 37.3 Å². The minimum atomic E-state index is 0. The van der Waals surface area contributed by atoms with Crippen molar-refractivity contribution in [3.8, 4) is 0 Å². The van der Waals surface area contributed by atoms with Crippen LogP contribution in [0.4, 0.5) is 0 Å². The van der Waals surface area contributed by atoms with Gasteiger partial charge in [0, 0.05) is 37.1 Å². The monoisotopic (exact) mass is 451 g/mol. The average Bonchev–Trinajstić information content (AvgIpc) is 3.12. The normalized spacial score (nSPS) is 21.1. The second-order valence-corrected chi connectivity index (χ2v) is 7.05. The zero-order valence-electron chi connectivity index (χ0n) is 14.4. The van der Waals surface area contributed by atoms with E-state index in [2.05, 4.69) is 42.0 Å². The number of nitrogens with one attached hydrogen (secondary N) is 2. The number of aromatic nitrogens is 2. The van der Waals surface area contributed by atoms with Crippen LogP contribution >= 0.6 is 35.7 Å². The Balaban J connectivity index is 0.00000264. The Labute approximate surface area is 161 Å². The number of hydrogen-bond acceptors (Lipinski definition) is 3. The van der Waals surface area contributed by atoms with E-state index in [4.69, 9.17) is 4.99 Å². The highest BCUT2D eigenvalue weighted by atomic mass is 127. The standard InChI is InChI=1S/C16H29N5S.HI/c1-4-17-16(20-14-6-7-15(10-14)22-3)18-8-5-9-21-12-13(2)11-19-21;/h11-12,14-15H,4-10H2,1-3H3,(H2,17,18,20);1H. The van der Waals surface area contributed by atoms with Gasteiger partial charge < -0.3 is 10.6 Å². The molecule has 2 rings (SSSR count). The molecule has 5 nitrogen and oxygen atoms in total. The summed E-state index contributed by atoms with van der Waals surface area (Å²) in [6.07, 6.45) is 11.0. The summed E-state index contributed by atoms with van der Waals surface area (Å²) in [5, 5.41) is 12.1. The predicted molar refractivity (Wildman–Crippen MR) is 111 cm³/mol. The van der Waals surface area contributed by atoms with Crippen molar-refractivity contribution < 1.29 is 0 Å². The van der Waals surface area contributed by atoms with Crippen LogP contribution in [-0.4, -0.2) is 46.4 Å². The summed E-state index contributed by atoms with van der Waals surface area (Å²) >= 11 is 1.99. The molecule has 2 atom stereocenters. The molecule has 0 saturated heterocycles. The molecule has 1 aliphatic carbocycles.